The zero-order chi connectivity index (χ0) is 14.4. The van der Waals surface area contributed by atoms with Crippen molar-refractivity contribution >= 4 is 28.3 Å². The van der Waals surface area contributed by atoms with Crippen LogP contribution in [0.15, 0.2) is 66.2 Å². The predicted molar refractivity (Wildman–Crippen MR) is 91.2 cm³/mol. The van der Waals surface area contributed by atoms with Crippen molar-refractivity contribution in [3.63, 3.8) is 0 Å². The molecule has 0 unspecified atom stereocenters. The summed E-state index contributed by atoms with van der Waals surface area (Å²) in [6.45, 7) is 6.10. The van der Waals surface area contributed by atoms with Gasteiger partial charge < -0.3 is 5.32 Å². The largest absolute Gasteiger partial charge is 0.335 e. The molecule has 0 aliphatic carbocycles. The number of aryl methyl sites for hydroxylation is 1. The molecular formula is C17H18N2S. The van der Waals surface area contributed by atoms with Crippen molar-refractivity contribution in [2.75, 3.05) is 11.6 Å². The van der Waals surface area contributed by atoms with Crippen molar-refractivity contribution in [3.05, 3.63) is 72.3 Å². The summed E-state index contributed by atoms with van der Waals surface area (Å²) in [5, 5.41) is 4.14. The second-order valence-electron chi connectivity index (χ2n) is 4.42. The molecule has 102 valence electrons. The lowest BCUT2D eigenvalue weighted by Gasteiger charge is -2.09. The van der Waals surface area contributed by atoms with Crippen LogP contribution in [0.25, 0.3) is 5.70 Å². The lowest BCUT2D eigenvalue weighted by Crippen LogP contribution is -2.07. The Labute approximate surface area is 124 Å². The minimum Gasteiger partial charge on any atom is -0.335 e. The van der Waals surface area contributed by atoms with Crippen LogP contribution in [-0.2, 0) is 0 Å². The Balaban J connectivity index is 2.13. The van der Waals surface area contributed by atoms with Crippen LogP contribution in [0, 0.1) is 6.92 Å². The topological polar surface area (TPSA) is 24.4 Å². The third-order valence-electron chi connectivity index (χ3n) is 2.84. The summed E-state index contributed by atoms with van der Waals surface area (Å²) in [5.41, 5.74) is 4.07. The zero-order valence-corrected chi connectivity index (χ0v) is 12.6. The molecule has 0 aromatic heterocycles. The number of anilines is 1. The van der Waals surface area contributed by atoms with Crippen LogP contribution in [0.3, 0.4) is 0 Å². The van der Waals surface area contributed by atoms with Crippen LogP contribution in [-0.4, -0.2) is 11.4 Å². The maximum Gasteiger partial charge on any atom is 0.165 e. The smallest absolute Gasteiger partial charge is 0.165 e. The minimum atomic E-state index is 0.759. The highest BCUT2D eigenvalue weighted by atomic mass is 32.2. The molecule has 0 bridgehead atoms. The number of benzene rings is 2. The summed E-state index contributed by atoms with van der Waals surface area (Å²) >= 11 is 1.57. The van der Waals surface area contributed by atoms with Gasteiger partial charge in [-0.05, 0) is 30.9 Å². The molecule has 2 aromatic carbocycles. The van der Waals surface area contributed by atoms with Crippen molar-refractivity contribution in [2.45, 2.75) is 6.92 Å². The van der Waals surface area contributed by atoms with Crippen molar-refractivity contribution < 1.29 is 0 Å². The molecule has 0 amide bonds. The number of hydrogen-bond acceptors (Lipinski definition) is 2. The van der Waals surface area contributed by atoms with Crippen LogP contribution in [0.4, 0.5) is 5.69 Å². The molecule has 0 spiro atoms. The summed E-state index contributed by atoms with van der Waals surface area (Å²) in [6, 6.07) is 18.2. The van der Waals surface area contributed by atoms with E-state index >= 15 is 0 Å². The SMILES string of the molecule is C=C(N=C(Nc1ccc(C)cc1)SC)c1ccccc1. The second-order valence-corrected chi connectivity index (χ2v) is 5.22. The van der Waals surface area contributed by atoms with E-state index in [2.05, 4.69) is 35.9 Å². The molecule has 2 rings (SSSR count). The quantitative estimate of drug-likeness (QED) is 0.646. The first-order valence-electron chi connectivity index (χ1n) is 6.40. The fourth-order valence-electron chi connectivity index (χ4n) is 1.70. The highest BCUT2D eigenvalue weighted by Gasteiger charge is 2.01. The number of nitrogens with zero attached hydrogens (tertiary/aromatic N) is 1. The lowest BCUT2D eigenvalue weighted by atomic mass is 10.2. The molecule has 2 aromatic rings. The number of thioether (sulfide) groups is 1. The Bertz CT molecular complexity index is 601. The molecule has 0 heterocycles. The standard InChI is InChI=1S/C17H18N2S/c1-13-9-11-16(12-10-13)19-17(20-3)18-14(2)15-7-5-4-6-8-15/h4-12H,2H2,1,3H3,(H,18,19). The average Bonchev–Trinajstić information content (AvgIpc) is 2.49. The number of hydrogen-bond donors (Lipinski definition) is 1. The summed E-state index contributed by atoms with van der Waals surface area (Å²) in [4.78, 5) is 4.56. The van der Waals surface area contributed by atoms with Crippen LogP contribution in [0.5, 0.6) is 0 Å². The molecule has 1 N–H and O–H groups in total. The van der Waals surface area contributed by atoms with E-state index in [1.807, 2.05) is 48.7 Å². The second kappa shape index (κ2) is 6.96. The number of nitrogens with one attached hydrogen (secondary N) is 1. The van der Waals surface area contributed by atoms with E-state index < -0.39 is 0 Å². The summed E-state index contributed by atoms with van der Waals surface area (Å²) in [5.74, 6) is 0. The summed E-state index contributed by atoms with van der Waals surface area (Å²) in [6.07, 6.45) is 2.00. The Morgan fingerprint density at radius 2 is 1.70 bits per heavy atom. The van der Waals surface area contributed by atoms with E-state index in [0.29, 0.717) is 0 Å². The van der Waals surface area contributed by atoms with Gasteiger partial charge in [-0.1, -0.05) is 66.4 Å². The van der Waals surface area contributed by atoms with Crippen LogP contribution < -0.4 is 5.32 Å². The molecule has 0 fully saturated rings. The fourth-order valence-corrected chi connectivity index (χ4v) is 2.12. The van der Waals surface area contributed by atoms with Gasteiger partial charge in [-0.25, -0.2) is 4.99 Å². The van der Waals surface area contributed by atoms with Gasteiger partial charge in [-0.15, -0.1) is 0 Å². The molecule has 0 aliphatic heterocycles. The molecule has 0 atom stereocenters. The predicted octanol–water partition coefficient (Wildman–Crippen LogP) is 4.80. The average molecular weight is 282 g/mol. The number of amidine groups is 1. The first-order valence-corrected chi connectivity index (χ1v) is 7.62. The zero-order valence-electron chi connectivity index (χ0n) is 11.8. The highest BCUT2D eigenvalue weighted by molar-refractivity contribution is 8.13. The van der Waals surface area contributed by atoms with Crippen LogP contribution >= 0.6 is 11.8 Å². The van der Waals surface area contributed by atoms with Crippen LogP contribution in [0.1, 0.15) is 11.1 Å². The van der Waals surface area contributed by atoms with Gasteiger partial charge in [0.05, 0.1) is 5.70 Å². The van der Waals surface area contributed by atoms with Gasteiger partial charge in [-0.3, -0.25) is 0 Å². The normalized spacial score (nSPS) is 11.2. The molecule has 20 heavy (non-hydrogen) atoms. The molecule has 3 heteroatoms. The Hall–Kier alpha value is -2.00. The Morgan fingerprint density at radius 3 is 2.30 bits per heavy atom. The van der Waals surface area contributed by atoms with Gasteiger partial charge >= 0.3 is 0 Å². The molecule has 0 saturated carbocycles. The van der Waals surface area contributed by atoms with Gasteiger partial charge in [0.1, 0.15) is 0 Å². The maximum absolute atomic E-state index is 4.56. The van der Waals surface area contributed by atoms with Gasteiger partial charge in [0.15, 0.2) is 5.17 Å². The molecule has 0 radical (unpaired) electrons. The monoisotopic (exact) mass is 282 g/mol. The molecule has 0 aliphatic rings. The van der Waals surface area contributed by atoms with Crippen molar-refractivity contribution in [2.24, 2.45) is 4.99 Å². The maximum atomic E-state index is 4.56. The first-order chi connectivity index (χ1) is 9.69. The molecule has 0 saturated heterocycles. The van der Waals surface area contributed by atoms with E-state index in [0.717, 1.165) is 22.1 Å². The Morgan fingerprint density at radius 1 is 1.05 bits per heavy atom. The van der Waals surface area contributed by atoms with E-state index in [9.17, 15) is 0 Å². The number of rotatable bonds is 3. The van der Waals surface area contributed by atoms with Gasteiger partial charge in [-0.2, -0.15) is 0 Å². The highest BCUT2D eigenvalue weighted by Crippen LogP contribution is 2.17. The molecule has 2 nitrogen and oxygen atoms in total. The van der Waals surface area contributed by atoms with E-state index in [4.69, 9.17) is 0 Å². The van der Waals surface area contributed by atoms with E-state index in [-0.39, 0.29) is 0 Å². The fraction of sp³-hybridized carbons (Fsp3) is 0.118. The van der Waals surface area contributed by atoms with Crippen LogP contribution in [0.2, 0.25) is 0 Å². The van der Waals surface area contributed by atoms with E-state index in [1.165, 1.54) is 5.56 Å². The van der Waals surface area contributed by atoms with Crippen molar-refractivity contribution in [1.82, 2.24) is 0 Å². The van der Waals surface area contributed by atoms with Gasteiger partial charge in [0.2, 0.25) is 0 Å². The lowest BCUT2D eigenvalue weighted by molar-refractivity contribution is 1.46. The van der Waals surface area contributed by atoms with Gasteiger partial charge in [0.25, 0.3) is 0 Å². The summed E-state index contributed by atoms with van der Waals surface area (Å²) in [7, 11) is 0. The third kappa shape index (κ3) is 4.00. The Kier molecular flexibility index (Phi) is 5.02. The van der Waals surface area contributed by atoms with Crippen molar-refractivity contribution in [1.29, 1.82) is 0 Å². The summed E-state index contributed by atoms with van der Waals surface area (Å²) < 4.78 is 0. The minimum absolute atomic E-state index is 0.759. The third-order valence-corrected chi connectivity index (χ3v) is 3.42. The first kappa shape index (κ1) is 14.4. The number of aliphatic imine (C=N–C) groups is 1. The van der Waals surface area contributed by atoms with E-state index in [1.54, 1.807) is 11.8 Å². The van der Waals surface area contributed by atoms with Gasteiger partial charge in [0, 0.05) is 5.69 Å². The molecular weight excluding hydrogens is 264 g/mol. The van der Waals surface area contributed by atoms with Crippen molar-refractivity contribution in [3.8, 4) is 0 Å².